The molecule has 0 atom stereocenters. The van der Waals surface area contributed by atoms with Gasteiger partial charge in [-0.25, -0.2) is 0 Å². The van der Waals surface area contributed by atoms with Gasteiger partial charge in [-0.1, -0.05) is 6.92 Å². The van der Waals surface area contributed by atoms with E-state index >= 15 is 0 Å². The van der Waals surface area contributed by atoms with Crippen LogP contribution in [-0.2, 0) is 5.11 Å². The van der Waals surface area contributed by atoms with E-state index in [-0.39, 0.29) is 0 Å². The molecule has 0 bridgehead atoms. The van der Waals surface area contributed by atoms with Crippen LogP contribution in [0.15, 0.2) is 12.3 Å². The third-order valence-electron chi connectivity index (χ3n) is 0.332. The van der Waals surface area contributed by atoms with Crippen LogP contribution in [0.4, 0.5) is 0 Å². The second-order valence-corrected chi connectivity index (χ2v) is 0.780. The lowest BCUT2D eigenvalue weighted by Crippen LogP contribution is -1.45. The van der Waals surface area contributed by atoms with E-state index in [1.54, 1.807) is 6.08 Å². The van der Waals surface area contributed by atoms with E-state index in [4.69, 9.17) is 0 Å². The predicted octanol–water partition coefficient (Wildman–Crippen LogP) is 1.34. The molecule has 0 aromatic carbocycles. The zero-order valence-corrected chi connectivity index (χ0v) is 3.27. The van der Waals surface area contributed by atoms with Crippen LogP contribution < -0.4 is 0 Å². The SMILES string of the molecule is CC/C=C/[O]. The van der Waals surface area contributed by atoms with Crippen LogP contribution in [0.25, 0.3) is 0 Å². The Morgan fingerprint density at radius 2 is 2.40 bits per heavy atom. The molecule has 0 aliphatic heterocycles. The van der Waals surface area contributed by atoms with Crippen molar-refractivity contribution >= 4 is 0 Å². The van der Waals surface area contributed by atoms with Crippen molar-refractivity contribution in [3.8, 4) is 0 Å². The summed E-state index contributed by atoms with van der Waals surface area (Å²) in [7, 11) is 0. The van der Waals surface area contributed by atoms with Crippen LogP contribution in [0.1, 0.15) is 13.3 Å². The van der Waals surface area contributed by atoms with Gasteiger partial charge in [0.2, 0.25) is 0 Å². The highest BCUT2D eigenvalue weighted by Gasteiger charge is 1.56. The summed E-state index contributed by atoms with van der Waals surface area (Å²) in [6.07, 6.45) is 3.23. The zero-order valence-electron chi connectivity index (χ0n) is 3.27. The predicted molar refractivity (Wildman–Crippen MR) is 20.1 cm³/mol. The van der Waals surface area contributed by atoms with Gasteiger partial charge in [-0.2, -0.15) is 0 Å². The Bertz CT molecular complexity index is 30.6. The van der Waals surface area contributed by atoms with E-state index in [1.165, 1.54) is 0 Å². The molecule has 0 amide bonds. The summed E-state index contributed by atoms with van der Waals surface area (Å²) in [6, 6.07) is 0. The molecule has 0 aromatic heterocycles. The van der Waals surface area contributed by atoms with Crippen molar-refractivity contribution in [3.63, 3.8) is 0 Å². The third kappa shape index (κ3) is 3.54. The van der Waals surface area contributed by atoms with Crippen molar-refractivity contribution in [1.82, 2.24) is 0 Å². The van der Waals surface area contributed by atoms with Gasteiger partial charge < -0.3 is 0 Å². The first-order chi connectivity index (χ1) is 2.41. The van der Waals surface area contributed by atoms with Gasteiger partial charge in [0.05, 0.1) is 0 Å². The Morgan fingerprint density at radius 1 is 1.80 bits per heavy atom. The van der Waals surface area contributed by atoms with E-state index in [2.05, 4.69) is 0 Å². The lowest BCUT2D eigenvalue weighted by molar-refractivity contribution is 0.350. The summed E-state index contributed by atoms with van der Waals surface area (Å²) >= 11 is 0. The summed E-state index contributed by atoms with van der Waals surface area (Å²) in [5.41, 5.74) is 0. The quantitative estimate of drug-likeness (QED) is 0.416. The summed E-state index contributed by atoms with van der Waals surface area (Å²) < 4.78 is 0. The minimum Gasteiger partial charge on any atom is -0.299 e. The first-order valence-electron chi connectivity index (χ1n) is 1.68. The molecule has 0 fully saturated rings. The van der Waals surface area contributed by atoms with Gasteiger partial charge >= 0.3 is 0 Å². The second kappa shape index (κ2) is 3.54. The molecule has 0 heterocycles. The molecule has 29 valence electrons. The molecule has 0 N–H and O–H groups in total. The van der Waals surface area contributed by atoms with Crippen molar-refractivity contribution in [2.24, 2.45) is 0 Å². The van der Waals surface area contributed by atoms with Crippen LogP contribution in [-0.4, -0.2) is 0 Å². The summed E-state index contributed by atoms with van der Waals surface area (Å²) in [5.74, 6) is 0. The normalized spacial score (nSPS) is 9.80. The third-order valence-corrected chi connectivity index (χ3v) is 0.332. The second-order valence-electron chi connectivity index (χ2n) is 0.780. The van der Waals surface area contributed by atoms with Gasteiger partial charge in [-0.05, 0) is 12.5 Å². The minimum absolute atomic E-state index is 0.806. The van der Waals surface area contributed by atoms with Crippen molar-refractivity contribution in [3.05, 3.63) is 12.3 Å². The molecular formula is C4H7O. The number of allylic oxidation sites excluding steroid dienone is 1. The summed E-state index contributed by atoms with van der Waals surface area (Å²) in [6.45, 7) is 1.92. The molecule has 0 unspecified atom stereocenters. The maximum absolute atomic E-state index is 9.35. The summed E-state index contributed by atoms with van der Waals surface area (Å²) in [5, 5.41) is 9.35. The van der Waals surface area contributed by atoms with Gasteiger partial charge in [-0.3, -0.25) is 5.11 Å². The first-order valence-corrected chi connectivity index (χ1v) is 1.68. The van der Waals surface area contributed by atoms with Crippen LogP contribution in [0.5, 0.6) is 0 Å². The standard InChI is InChI=1S/C4H7O/c1-2-3-4-5/h3-4H,2H2,1H3/b4-3+. The molecule has 0 aliphatic carbocycles. The zero-order chi connectivity index (χ0) is 4.12. The van der Waals surface area contributed by atoms with Gasteiger partial charge in [0, 0.05) is 0 Å². The molecular weight excluding hydrogens is 64.0 g/mol. The molecule has 0 rings (SSSR count). The first kappa shape index (κ1) is 4.54. The number of rotatable bonds is 1. The molecule has 0 aliphatic rings. The largest absolute Gasteiger partial charge is 0.299 e. The van der Waals surface area contributed by atoms with Crippen molar-refractivity contribution in [2.45, 2.75) is 13.3 Å². The van der Waals surface area contributed by atoms with Crippen molar-refractivity contribution in [2.75, 3.05) is 0 Å². The topological polar surface area (TPSA) is 19.9 Å². The number of hydrogen-bond acceptors (Lipinski definition) is 0. The average Bonchev–Trinajstić information content (AvgIpc) is 1.41. The highest BCUT2D eigenvalue weighted by molar-refractivity contribution is 4.66. The summed E-state index contributed by atoms with van der Waals surface area (Å²) in [4.78, 5) is 0. The van der Waals surface area contributed by atoms with E-state index in [1.807, 2.05) is 6.92 Å². The van der Waals surface area contributed by atoms with E-state index in [0.717, 1.165) is 12.7 Å². The maximum Gasteiger partial charge on any atom is 0.138 e. The van der Waals surface area contributed by atoms with Crippen LogP contribution in [0, 0.1) is 0 Å². The lowest BCUT2D eigenvalue weighted by Gasteiger charge is -1.61. The molecule has 0 saturated carbocycles. The van der Waals surface area contributed by atoms with Crippen LogP contribution in [0.3, 0.4) is 0 Å². The monoisotopic (exact) mass is 71.0 g/mol. The Labute approximate surface area is 31.9 Å². The molecule has 1 radical (unpaired) electrons. The fourth-order valence-electron chi connectivity index (χ4n) is 0.0962. The highest BCUT2D eigenvalue weighted by Crippen LogP contribution is 1.72. The van der Waals surface area contributed by atoms with E-state index in [9.17, 15) is 5.11 Å². The number of hydrogen-bond donors (Lipinski definition) is 0. The van der Waals surface area contributed by atoms with Crippen molar-refractivity contribution < 1.29 is 5.11 Å². The van der Waals surface area contributed by atoms with E-state index < -0.39 is 0 Å². The smallest absolute Gasteiger partial charge is 0.138 e. The van der Waals surface area contributed by atoms with Crippen LogP contribution >= 0.6 is 0 Å². The Balaban J connectivity index is 2.62. The van der Waals surface area contributed by atoms with E-state index in [0.29, 0.717) is 0 Å². The fraction of sp³-hybridized carbons (Fsp3) is 0.500. The average molecular weight is 71.1 g/mol. The van der Waals surface area contributed by atoms with Gasteiger partial charge in [0.1, 0.15) is 6.26 Å². The fourth-order valence-corrected chi connectivity index (χ4v) is 0.0962. The lowest BCUT2D eigenvalue weighted by atomic mass is 10.5. The van der Waals surface area contributed by atoms with Crippen LogP contribution in [0.2, 0.25) is 0 Å². The molecule has 0 saturated heterocycles. The Morgan fingerprint density at radius 3 is 2.40 bits per heavy atom. The Hall–Kier alpha value is -0.460. The molecule has 0 spiro atoms. The Kier molecular flexibility index (Phi) is 3.21. The van der Waals surface area contributed by atoms with Gasteiger partial charge in [0.15, 0.2) is 0 Å². The molecule has 5 heavy (non-hydrogen) atoms. The van der Waals surface area contributed by atoms with Crippen molar-refractivity contribution in [1.29, 1.82) is 0 Å². The molecule has 1 heteroatoms. The maximum atomic E-state index is 9.35. The minimum atomic E-state index is 0.806. The molecule has 0 aromatic rings. The molecule has 1 nitrogen and oxygen atoms in total. The highest BCUT2D eigenvalue weighted by atomic mass is 16.2. The van der Waals surface area contributed by atoms with Gasteiger partial charge in [0.25, 0.3) is 0 Å². The van der Waals surface area contributed by atoms with Gasteiger partial charge in [-0.15, -0.1) is 0 Å².